The van der Waals surface area contributed by atoms with Gasteiger partial charge < -0.3 is 0 Å². The van der Waals surface area contributed by atoms with Gasteiger partial charge in [0.05, 0.1) is 4.92 Å². The van der Waals surface area contributed by atoms with E-state index in [-0.39, 0.29) is 5.69 Å². The zero-order valence-electron chi connectivity index (χ0n) is 9.11. The molecule has 0 aliphatic rings. The predicted molar refractivity (Wildman–Crippen MR) is 66.2 cm³/mol. The molecular formula is C12H7N3O2S. The molecule has 0 saturated carbocycles. The highest BCUT2D eigenvalue weighted by atomic mass is 32.2. The van der Waals surface area contributed by atoms with Crippen LogP contribution >= 0.6 is 11.8 Å². The molecule has 1 aromatic carbocycles. The number of rotatable bonds is 3. The second-order valence-electron chi connectivity index (χ2n) is 3.34. The summed E-state index contributed by atoms with van der Waals surface area (Å²) in [6.07, 6.45) is 1.60. The van der Waals surface area contributed by atoms with Crippen LogP contribution in [0, 0.1) is 21.4 Å². The molecule has 0 amide bonds. The van der Waals surface area contributed by atoms with Crippen molar-refractivity contribution in [1.29, 1.82) is 5.26 Å². The molecule has 2 rings (SSSR count). The van der Waals surface area contributed by atoms with Gasteiger partial charge in [-0.3, -0.25) is 10.1 Å². The Labute approximate surface area is 107 Å². The van der Waals surface area contributed by atoms with Crippen LogP contribution in [0.1, 0.15) is 5.69 Å². The molecule has 5 nitrogen and oxygen atoms in total. The second-order valence-corrected chi connectivity index (χ2v) is 4.49. The van der Waals surface area contributed by atoms with Gasteiger partial charge in [-0.15, -0.1) is 0 Å². The fraction of sp³-hybridized carbons (Fsp3) is 0. The predicted octanol–water partition coefficient (Wildman–Crippen LogP) is 3.01. The molecular weight excluding hydrogens is 250 g/mol. The van der Waals surface area contributed by atoms with Gasteiger partial charge >= 0.3 is 0 Å². The van der Waals surface area contributed by atoms with Crippen LogP contribution in [0.4, 0.5) is 5.69 Å². The van der Waals surface area contributed by atoms with Crippen LogP contribution in [-0.4, -0.2) is 9.91 Å². The fourth-order valence-corrected chi connectivity index (χ4v) is 2.06. The molecule has 1 heterocycles. The molecule has 0 fully saturated rings. The maximum Gasteiger partial charge on any atom is 0.269 e. The van der Waals surface area contributed by atoms with Gasteiger partial charge in [0.25, 0.3) is 5.69 Å². The van der Waals surface area contributed by atoms with E-state index in [0.717, 1.165) is 9.79 Å². The number of hydrogen-bond acceptors (Lipinski definition) is 5. The van der Waals surface area contributed by atoms with Crippen LogP contribution < -0.4 is 0 Å². The molecule has 0 radical (unpaired) electrons. The molecule has 1 aromatic heterocycles. The molecule has 2 aromatic rings. The van der Waals surface area contributed by atoms with Crippen LogP contribution in [0.2, 0.25) is 0 Å². The van der Waals surface area contributed by atoms with Crippen molar-refractivity contribution >= 4 is 17.4 Å². The lowest BCUT2D eigenvalue weighted by Gasteiger charge is -2.00. The quantitative estimate of drug-likeness (QED) is 0.623. The Hall–Kier alpha value is -2.39. The third kappa shape index (κ3) is 2.84. The van der Waals surface area contributed by atoms with Gasteiger partial charge in [-0.05, 0) is 24.3 Å². The largest absolute Gasteiger partial charge is 0.269 e. The Morgan fingerprint density at radius 3 is 2.33 bits per heavy atom. The molecule has 0 saturated heterocycles. The number of nitro groups is 1. The first-order chi connectivity index (χ1) is 8.69. The van der Waals surface area contributed by atoms with Gasteiger partial charge in [-0.25, -0.2) is 4.98 Å². The number of nitrogens with zero attached hydrogens (tertiary/aromatic N) is 3. The van der Waals surface area contributed by atoms with E-state index in [9.17, 15) is 10.1 Å². The van der Waals surface area contributed by atoms with E-state index in [2.05, 4.69) is 4.98 Å². The summed E-state index contributed by atoms with van der Waals surface area (Å²) < 4.78 is 0. The summed E-state index contributed by atoms with van der Waals surface area (Å²) in [5.41, 5.74) is 0.431. The van der Waals surface area contributed by atoms with Gasteiger partial charge in [-0.1, -0.05) is 11.8 Å². The highest BCUT2D eigenvalue weighted by Crippen LogP contribution is 2.28. The van der Waals surface area contributed by atoms with Gasteiger partial charge in [0.1, 0.15) is 11.8 Å². The Morgan fingerprint density at radius 2 is 1.83 bits per heavy atom. The number of hydrogen-bond donors (Lipinski definition) is 0. The molecule has 0 aliphatic heterocycles. The Kier molecular flexibility index (Phi) is 3.55. The van der Waals surface area contributed by atoms with Crippen molar-refractivity contribution in [3.05, 3.63) is 58.4 Å². The highest BCUT2D eigenvalue weighted by molar-refractivity contribution is 7.99. The summed E-state index contributed by atoms with van der Waals surface area (Å²) in [6.45, 7) is 0. The average molecular weight is 257 g/mol. The third-order valence-corrected chi connectivity index (χ3v) is 3.12. The van der Waals surface area contributed by atoms with E-state index in [4.69, 9.17) is 5.26 Å². The molecule has 0 unspecified atom stereocenters. The lowest BCUT2D eigenvalue weighted by atomic mass is 10.3. The standard InChI is InChI=1S/C12H7N3O2S/c13-7-9-1-4-12(8-14-9)18-11-5-2-10(3-6-11)15(16)17/h1-6,8H. The van der Waals surface area contributed by atoms with E-state index in [1.807, 2.05) is 6.07 Å². The molecule has 0 N–H and O–H groups in total. The molecule has 0 bridgehead atoms. The van der Waals surface area contributed by atoms with Crippen molar-refractivity contribution in [3.63, 3.8) is 0 Å². The van der Waals surface area contributed by atoms with E-state index in [1.54, 1.807) is 30.5 Å². The molecule has 0 spiro atoms. The van der Waals surface area contributed by atoms with Crippen LogP contribution in [0.3, 0.4) is 0 Å². The smallest absolute Gasteiger partial charge is 0.258 e. The van der Waals surface area contributed by atoms with Crippen LogP contribution in [0.5, 0.6) is 0 Å². The molecule has 6 heteroatoms. The maximum absolute atomic E-state index is 10.5. The summed E-state index contributed by atoms with van der Waals surface area (Å²) >= 11 is 1.43. The minimum atomic E-state index is -0.433. The fourth-order valence-electron chi connectivity index (χ4n) is 1.28. The lowest BCUT2D eigenvalue weighted by Crippen LogP contribution is -1.86. The van der Waals surface area contributed by atoms with Gasteiger partial charge in [0.2, 0.25) is 0 Å². The number of nitro benzene ring substituents is 1. The summed E-state index contributed by atoms with van der Waals surface area (Å²) in [5.74, 6) is 0. The zero-order chi connectivity index (χ0) is 13.0. The molecule has 18 heavy (non-hydrogen) atoms. The third-order valence-electron chi connectivity index (χ3n) is 2.13. The number of non-ortho nitro benzene ring substituents is 1. The molecule has 0 atom stereocenters. The van der Waals surface area contributed by atoms with Crippen molar-refractivity contribution in [2.75, 3.05) is 0 Å². The Balaban J connectivity index is 2.13. The maximum atomic E-state index is 10.5. The minimum absolute atomic E-state index is 0.0669. The topological polar surface area (TPSA) is 79.8 Å². The SMILES string of the molecule is N#Cc1ccc(Sc2ccc([N+](=O)[O-])cc2)cn1. The lowest BCUT2D eigenvalue weighted by molar-refractivity contribution is -0.384. The van der Waals surface area contributed by atoms with Crippen molar-refractivity contribution in [1.82, 2.24) is 4.98 Å². The van der Waals surface area contributed by atoms with E-state index < -0.39 is 4.92 Å². The monoisotopic (exact) mass is 257 g/mol. The van der Waals surface area contributed by atoms with E-state index >= 15 is 0 Å². The molecule has 88 valence electrons. The summed E-state index contributed by atoms with van der Waals surface area (Å²) in [6, 6.07) is 11.6. The van der Waals surface area contributed by atoms with E-state index in [0.29, 0.717) is 5.69 Å². The number of nitriles is 1. The average Bonchev–Trinajstić information content (AvgIpc) is 2.40. The van der Waals surface area contributed by atoms with Crippen LogP contribution in [-0.2, 0) is 0 Å². The van der Waals surface area contributed by atoms with Gasteiger partial charge in [0, 0.05) is 28.1 Å². The first-order valence-corrected chi connectivity index (χ1v) is 5.79. The first-order valence-electron chi connectivity index (χ1n) is 4.97. The number of pyridine rings is 1. The van der Waals surface area contributed by atoms with Crippen molar-refractivity contribution in [3.8, 4) is 6.07 Å². The molecule has 0 aliphatic carbocycles. The minimum Gasteiger partial charge on any atom is -0.258 e. The number of aromatic nitrogens is 1. The summed E-state index contributed by atoms with van der Waals surface area (Å²) in [5, 5.41) is 19.1. The van der Waals surface area contributed by atoms with Crippen molar-refractivity contribution in [2.45, 2.75) is 9.79 Å². The normalized spacial score (nSPS) is 9.72. The van der Waals surface area contributed by atoms with Crippen LogP contribution in [0.25, 0.3) is 0 Å². The second kappa shape index (κ2) is 5.29. The van der Waals surface area contributed by atoms with Gasteiger partial charge in [-0.2, -0.15) is 5.26 Å². The van der Waals surface area contributed by atoms with Crippen LogP contribution in [0.15, 0.2) is 52.4 Å². The summed E-state index contributed by atoms with van der Waals surface area (Å²) in [7, 11) is 0. The van der Waals surface area contributed by atoms with Gasteiger partial charge in [0.15, 0.2) is 0 Å². The first kappa shape index (κ1) is 12.1. The summed E-state index contributed by atoms with van der Waals surface area (Å²) in [4.78, 5) is 15.8. The van der Waals surface area contributed by atoms with Crippen molar-refractivity contribution in [2.24, 2.45) is 0 Å². The Bertz CT molecular complexity index is 603. The zero-order valence-corrected chi connectivity index (χ0v) is 9.92. The Morgan fingerprint density at radius 1 is 1.17 bits per heavy atom. The van der Waals surface area contributed by atoms with Crippen molar-refractivity contribution < 1.29 is 4.92 Å². The van der Waals surface area contributed by atoms with E-state index in [1.165, 1.54) is 23.9 Å². The highest BCUT2D eigenvalue weighted by Gasteiger charge is 2.05. The number of benzene rings is 1.